The Balaban J connectivity index is 1.95. The minimum absolute atomic E-state index is 0.498. The predicted molar refractivity (Wildman–Crippen MR) is 77.2 cm³/mol. The molecule has 0 amide bonds. The van der Waals surface area contributed by atoms with E-state index < -0.39 is 0 Å². The summed E-state index contributed by atoms with van der Waals surface area (Å²) >= 11 is 3.28. The summed E-state index contributed by atoms with van der Waals surface area (Å²) in [4.78, 5) is 8.87. The lowest BCUT2D eigenvalue weighted by Crippen LogP contribution is -2.21. The second-order valence-electron chi connectivity index (χ2n) is 4.40. The number of hydrogen-bond donors (Lipinski definition) is 1. The zero-order valence-electron chi connectivity index (χ0n) is 10.8. The van der Waals surface area contributed by atoms with Crippen LogP contribution in [0.15, 0.2) is 33.1 Å². The highest BCUT2D eigenvalue weighted by Crippen LogP contribution is 2.28. The Morgan fingerprint density at radius 1 is 1.39 bits per heavy atom. The molecule has 96 valence electrons. The Kier molecular flexibility index (Phi) is 4.74. The van der Waals surface area contributed by atoms with Crippen molar-refractivity contribution in [2.45, 2.75) is 42.7 Å². The van der Waals surface area contributed by atoms with Crippen LogP contribution in [-0.4, -0.2) is 16.0 Å². The van der Waals surface area contributed by atoms with E-state index >= 15 is 0 Å². The molecular formula is C13H17N3S2. The molecule has 0 radical (unpaired) electrons. The molecule has 0 spiro atoms. The van der Waals surface area contributed by atoms with Crippen molar-refractivity contribution >= 4 is 23.1 Å². The van der Waals surface area contributed by atoms with Gasteiger partial charge in [0.1, 0.15) is 5.03 Å². The molecule has 0 atom stereocenters. The molecule has 0 unspecified atom stereocenters. The van der Waals surface area contributed by atoms with Gasteiger partial charge in [-0.3, -0.25) is 0 Å². The van der Waals surface area contributed by atoms with Gasteiger partial charge < -0.3 is 5.32 Å². The summed E-state index contributed by atoms with van der Waals surface area (Å²) in [6, 6.07) is 4.67. The number of nitrogens with one attached hydrogen (secondary N) is 1. The van der Waals surface area contributed by atoms with Crippen LogP contribution in [0.3, 0.4) is 0 Å². The van der Waals surface area contributed by atoms with Crippen LogP contribution in [0.25, 0.3) is 0 Å². The monoisotopic (exact) mass is 279 g/mol. The highest BCUT2D eigenvalue weighted by Gasteiger charge is 2.03. The van der Waals surface area contributed by atoms with Gasteiger partial charge in [-0.15, -0.1) is 11.3 Å². The van der Waals surface area contributed by atoms with Crippen molar-refractivity contribution in [2.24, 2.45) is 0 Å². The van der Waals surface area contributed by atoms with Crippen LogP contribution in [0.1, 0.15) is 25.1 Å². The molecule has 2 heterocycles. The first kappa shape index (κ1) is 13.5. The molecule has 0 aliphatic rings. The molecule has 0 aliphatic carbocycles. The summed E-state index contributed by atoms with van der Waals surface area (Å²) in [5, 5.41) is 6.43. The number of hydrogen-bond acceptors (Lipinski definition) is 5. The fourth-order valence-electron chi connectivity index (χ4n) is 1.37. The summed E-state index contributed by atoms with van der Waals surface area (Å²) in [7, 11) is 0. The molecule has 2 aromatic rings. The van der Waals surface area contributed by atoms with E-state index in [0.29, 0.717) is 6.04 Å². The van der Waals surface area contributed by atoms with Crippen LogP contribution in [0, 0.1) is 6.92 Å². The molecule has 2 rings (SSSR count). The second kappa shape index (κ2) is 6.31. The third-order valence-electron chi connectivity index (χ3n) is 2.30. The van der Waals surface area contributed by atoms with Crippen LogP contribution in [0.4, 0.5) is 0 Å². The maximum absolute atomic E-state index is 4.45. The Labute approximate surface area is 116 Å². The van der Waals surface area contributed by atoms with E-state index in [1.807, 2.05) is 13.1 Å². The van der Waals surface area contributed by atoms with E-state index in [1.54, 1.807) is 23.1 Å². The highest BCUT2D eigenvalue weighted by atomic mass is 32.2. The molecule has 0 aliphatic heterocycles. The van der Waals surface area contributed by atoms with Gasteiger partial charge in [-0.1, -0.05) is 19.9 Å². The van der Waals surface area contributed by atoms with Crippen LogP contribution in [0.5, 0.6) is 0 Å². The summed E-state index contributed by atoms with van der Waals surface area (Å²) in [5.41, 5.74) is 2.28. The van der Waals surface area contributed by atoms with Crippen LogP contribution < -0.4 is 5.32 Å². The number of thiazole rings is 1. The Bertz CT molecular complexity index is 491. The quantitative estimate of drug-likeness (QED) is 0.909. The van der Waals surface area contributed by atoms with Gasteiger partial charge in [-0.2, -0.15) is 0 Å². The topological polar surface area (TPSA) is 37.8 Å². The fraction of sp³-hybridized carbons (Fsp3) is 0.385. The van der Waals surface area contributed by atoms with E-state index in [2.05, 4.69) is 46.6 Å². The zero-order chi connectivity index (χ0) is 13.0. The van der Waals surface area contributed by atoms with E-state index in [-0.39, 0.29) is 0 Å². The normalized spacial score (nSPS) is 11.1. The van der Waals surface area contributed by atoms with Gasteiger partial charge in [0.15, 0.2) is 4.34 Å². The molecule has 0 fully saturated rings. The van der Waals surface area contributed by atoms with Gasteiger partial charge in [0, 0.05) is 29.9 Å². The van der Waals surface area contributed by atoms with Gasteiger partial charge in [-0.05, 0) is 30.3 Å². The van der Waals surface area contributed by atoms with Gasteiger partial charge in [0.05, 0.1) is 0 Å². The molecular weight excluding hydrogens is 262 g/mol. The van der Waals surface area contributed by atoms with Crippen molar-refractivity contribution in [3.8, 4) is 0 Å². The van der Waals surface area contributed by atoms with Crippen molar-refractivity contribution in [3.63, 3.8) is 0 Å². The average molecular weight is 279 g/mol. The van der Waals surface area contributed by atoms with Crippen LogP contribution >= 0.6 is 23.1 Å². The SMILES string of the molecule is Cc1csc(Sc2ccc(CNC(C)C)cn2)n1. The first-order valence-electron chi connectivity index (χ1n) is 5.92. The lowest BCUT2D eigenvalue weighted by atomic mass is 10.2. The lowest BCUT2D eigenvalue weighted by molar-refractivity contribution is 0.587. The maximum Gasteiger partial charge on any atom is 0.156 e. The minimum Gasteiger partial charge on any atom is -0.310 e. The largest absolute Gasteiger partial charge is 0.310 e. The van der Waals surface area contributed by atoms with Crippen molar-refractivity contribution in [1.29, 1.82) is 0 Å². The Morgan fingerprint density at radius 3 is 2.78 bits per heavy atom. The van der Waals surface area contributed by atoms with Gasteiger partial charge in [0.2, 0.25) is 0 Å². The van der Waals surface area contributed by atoms with E-state index in [4.69, 9.17) is 0 Å². The van der Waals surface area contributed by atoms with E-state index in [0.717, 1.165) is 21.6 Å². The molecule has 0 saturated heterocycles. The van der Waals surface area contributed by atoms with Crippen LogP contribution in [-0.2, 0) is 6.54 Å². The third kappa shape index (κ3) is 4.08. The van der Waals surface area contributed by atoms with Crippen molar-refractivity contribution < 1.29 is 0 Å². The van der Waals surface area contributed by atoms with Gasteiger partial charge >= 0.3 is 0 Å². The second-order valence-corrected chi connectivity index (χ2v) is 6.52. The van der Waals surface area contributed by atoms with Crippen LogP contribution in [0.2, 0.25) is 0 Å². The fourth-order valence-corrected chi connectivity index (χ4v) is 3.09. The molecule has 1 N–H and O–H groups in total. The zero-order valence-corrected chi connectivity index (χ0v) is 12.4. The van der Waals surface area contributed by atoms with Gasteiger partial charge in [-0.25, -0.2) is 9.97 Å². The molecule has 0 saturated carbocycles. The van der Waals surface area contributed by atoms with E-state index in [9.17, 15) is 0 Å². The summed E-state index contributed by atoms with van der Waals surface area (Å²) < 4.78 is 1.05. The summed E-state index contributed by atoms with van der Waals surface area (Å²) in [6.07, 6.45) is 1.93. The van der Waals surface area contributed by atoms with Crippen molar-refractivity contribution in [1.82, 2.24) is 15.3 Å². The lowest BCUT2D eigenvalue weighted by Gasteiger charge is -2.07. The summed E-state index contributed by atoms with van der Waals surface area (Å²) in [5.74, 6) is 0. The Hall–Kier alpha value is -0.910. The Morgan fingerprint density at radius 2 is 2.22 bits per heavy atom. The predicted octanol–water partition coefficient (Wildman–Crippen LogP) is 3.50. The minimum atomic E-state index is 0.498. The van der Waals surface area contributed by atoms with E-state index in [1.165, 1.54) is 5.56 Å². The molecule has 18 heavy (non-hydrogen) atoms. The molecule has 0 aromatic carbocycles. The van der Waals surface area contributed by atoms with Crippen molar-refractivity contribution in [3.05, 3.63) is 35.0 Å². The number of aromatic nitrogens is 2. The highest BCUT2D eigenvalue weighted by molar-refractivity contribution is 8.01. The number of rotatable bonds is 5. The smallest absolute Gasteiger partial charge is 0.156 e. The molecule has 5 heteroatoms. The molecule has 2 aromatic heterocycles. The van der Waals surface area contributed by atoms with Crippen molar-refractivity contribution in [2.75, 3.05) is 0 Å². The number of nitrogens with zero attached hydrogens (tertiary/aromatic N) is 2. The summed E-state index contributed by atoms with van der Waals surface area (Å²) in [6.45, 7) is 7.16. The molecule has 0 bridgehead atoms. The maximum atomic E-state index is 4.45. The standard InChI is InChI=1S/C13H17N3S2/c1-9(2)14-6-11-4-5-12(15-7-11)18-13-16-10(3)8-17-13/h4-5,7-9,14H,6H2,1-3H3. The average Bonchev–Trinajstić information content (AvgIpc) is 2.74. The number of aryl methyl sites for hydroxylation is 1. The van der Waals surface area contributed by atoms with Gasteiger partial charge in [0.25, 0.3) is 0 Å². The third-order valence-corrected chi connectivity index (χ3v) is 4.31. The first-order valence-corrected chi connectivity index (χ1v) is 7.61. The first-order chi connectivity index (χ1) is 8.63. The number of pyridine rings is 1. The molecule has 3 nitrogen and oxygen atoms in total.